The third-order valence-corrected chi connectivity index (χ3v) is 4.52. The first-order valence-corrected chi connectivity index (χ1v) is 8.60. The summed E-state index contributed by atoms with van der Waals surface area (Å²) >= 11 is 0. The van der Waals surface area contributed by atoms with E-state index in [0.717, 1.165) is 29.7 Å². The van der Waals surface area contributed by atoms with Crippen LogP contribution >= 0.6 is 0 Å². The van der Waals surface area contributed by atoms with E-state index in [0.29, 0.717) is 5.76 Å². The standard InChI is InChI=1S/C19H21F3N2O2/c20-19(21,22)13-24(12-15-7-4-10-26-15)18(25)11-23-17-9-3-6-14-5-1-2-8-16(14)17/h1-2,4-5,7-8,10,17,23H,3,6,9,11-13H2. The lowest BCUT2D eigenvalue weighted by Crippen LogP contribution is -2.43. The molecule has 1 aliphatic rings. The minimum Gasteiger partial charge on any atom is -0.467 e. The van der Waals surface area contributed by atoms with Crippen LogP contribution in [0.25, 0.3) is 0 Å². The van der Waals surface area contributed by atoms with Crippen LogP contribution < -0.4 is 5.32 Å². The first kappa shape index (κ1) is 18.5. The molecular weight excluding hydrogens is 345 g/mol. The summed E-state index contributed by atoms with van der Waals surface area (Å²) in [6, 6.07) is 11.1. The van der Waals surface area contributed by atoms with Gasteiger partial charge in [0.1, 0.15) is 12.3 Å². The smallest absolute Gasteiger partial charge is 0.406 e. The Hall–Kier alpha value is -2.28. The molecule has 26 heavy (non-hydrogen) atoms. The molecule has 0 spiro atoms. The third kappa shape index (κ3) is 4.88. The molecule has 4 nitrogen and oxygen atoms in total. The normalized spacial score (nSPS) is 17.0. The van der Waals surface area contributed by atoms with Crippen LogP contribution in [0.4, 0.5) is 13.2 Å². The average Bonchev–Trinajstić information content (AvgIpc) is 3.11. The summed E-state index contributed by atoms with van der Waals surface area (Å²) in [6.45, 7) is -1.64. The second-order valence-corrected chi connectivity index (χ2v) is 6.47. The third-order valence-electron chi connectivity index (χ3n) is 4.52. The molecule has 0 saturated carbocycles. The van der Waals surface area contributed by atoms with Crippen molar-refractivity contribution in [1.29, 1.82) is 0 Å². The predicted octanol–water partition coefficient (Wildman–Crippen LogP) is 3.84. The molecule has 1 aromatic heterocycles. The molecule has 0 aliphatic heterocycles. The van der Waals surface area contributed by atoms with Crippen molar-refractivity contribution >= 4 is 5.91 Å². The first-order chi connectivity index (χ1) is 12.4. The van der Waals surface area contributed by atoms with Gasteiger partial charge in [0.2, 0.25) is 5.91 Å². The highest BCUT2D eigenvalue weighted by Crippen LogP contribution is 2.29. The van der Waals surface area contributed by atoms with E-state index in [1.165, 1.54) is 11.8 Å². The minimum absolute atomic E-state index is 0.0137. The average molecular weight is 366 g/mol. The van der Waals surface area contributed by atoms with Gasteiger partial charge in [-0.25, -0.2) is 0 Å². The zero-order valence-corrected chi connectivity index (χ0v) is 14.3. The van der Waals surface area contributed by atoms with E-state index in [2.05, 4.69) is 11.4 Å². The summed E-state index contributed by atoms with van der Waals surface area (Å²) in [5.74, 6) is -0.271. The SMILES string of the molecule is O=C(CNC1CCCc2ccccc21)N(Cc1ccco1)CC(F)(F)F. The number of fused-ring (bicyclic) bond motifs is 1. The van der Waals surface area contributed by atoms with E-state index < -0.39 is 18.6 Å². The summed E-state index contributed by atoms with van der Waals surface area (Å²) in [4.78, 5) is 13.2. The molecule has 140 valence electrons. The van der Waals surface area contributed by atoms with Crippen molar-refractivity contribution in [3.05, 3.63) is 59.5 Å². The lowest BCUT2D eigenvalue weighted by atomic mass is 9.88. The molecule has 1 heterocycles. The molecule has 0 saturated heterocycles. The lowest BCUT2D eigenvalue weighted by molar-refractivity contribution is -0.162. The van der Waals surface area contributed by atoms with Gasteiger partial charge < -0.3 is 14.6 Å². The number of halogens is 3. The molecule has 3 rings (SSSR count). The van der Waals surface area contributed by atoms with Crippen LogP contribution in [0, 0.1) is 0 Å². The molecule has 1 atom stereocenters. The van der Waals surface area contributed by atoms with Gasteiger partial charge in [0, 0.05) is 6.04 Å². The number of carbonyl (C=O) groups is 1. The van der Waals surface area contributed by atoms with Gasteiger partial charge in [-0.1, -0.05) is 24.3 Å². The summed E-state index contributed by atoms with van der Waals surface area (Å²) in [5, 5.41) is 3.13. The van der Waals surface area contributed by atoms with Crippen molar-refractivity contribution in [2.45, 2.75) is 38.0 Å². The largest absolute Gasteiger partial charge is 0.467 e. The quantitative estimate of drug-likeness (QED) is 0.845. The number of alkyl halides is 3. The summed E-state index contributed by atoms with van der Waals surface area (Å²) in [6.07, 6.45) is -0.243. The van der Waals surface area contributed by atoms with Crippen LogP contribution in [0.5, 0.6) is 0 Å². The number of amides is 1. The van der Waals surface area contributed by atoms with Crippen LogP contribution in [-0.4, -0.2) is 30.1 Å². The molecule has 1 amide bonds. The van der Waals surface area contributed by atoms with Crippen LogP contribution in [-0.2, 0) is 17.8 Å². The van der Waals surface area contributed by atoms with E-state index in [4.69, 9.17) is 4.42 Å². The van der Waals surface area contributed by atoms with E-state index in [9.17, 15) is 18.0 Å². The number of carbonyl (C=O) groups excluding carboxylic acids is 1. The number of benzene rings is 1. The molecule has 2 aromatic rings. The van der Waals surface area contributed by atoms with Gasteiger partial charge in [0.05, 0.1) is 19.4 Å². The van der Waals surface area contributed by atoms with E-state index in [1.54, 1.807) is 12.1 Å². The van der Waals surface area contributed by atoms with Crippen LogP contribution in [0.2, 0.25) is 0 Å². The predicted molar refractivity (Wildman–Crippen MR) is 90.3 cm³/mol. The molecule has 0 radical (unpaired) electrons. The Morgan fingerprint density at radius 2 is 2.04 bits per heavy atom. The Morgan fingerprint density at radius 3 is 2.77 bits per heavy atom. The van der Waals surface area contributed by atoms with Gasteiger partial charge in [-0.15, -0.1) is 0 Å². The molecule has 0 bridgehead atoms. The molecule has 1 unspecified atom stereocenters. The highest BCUT2D eigenvalue weighted by molar-refractivity contribution is 5.78. The van der Waals surface area contributed by atoms with Crippen molar-refractivity contribution < 1.29 is 22.4 Å². The summed E-state index contributed by atoms with van der Waals surface area (Å²) in [5.41, 5.74) is 2.35. The fourth-order valence-corrected chi connectivity index (χ4v) is 3.33. The minimum atomic E-state index is -4.46. The van der Waals surface area contributed by atoms with Crippen molar-refractivity contribution in [1.82, 2.24) is 10.2 Å². The van der Waals surface area contributed by atoms with Gasteiger partial charge in [-0.05, 0) is 42.5 Å². The van der Waals surface area contributed by atoms with Crippen LogP contribution in [0.1, 0.15) is 35.8 Å². The van der Waals surface area contributed by atoms with E-state index in [-0.39, 0.29) is 19.1 Å². The second-order valence-electron chi connectivity index (χ2n) is 6.47. The van der Waals surface area contributed by atoms with Crippen molar-refractivity contribution in [2.24, 2.45) is 0 Å². The molecule has 0 fully saturated rings. The highest BCUT2D eigenvalue weighted by Gasteiger charge is 2.33. The van der Waals surface area contributed by atoms with E-state index >= 15 is 0 Å². The monoisotopic (exact) mass is 366 g/mol. The topological polar surface area (TPSA) is 45.5 Å². The Kier molecular flexibility index (Phi) is 5.66. The van der Waals surface area contributed by atoms with Gasteiger partial charge in [0.25, 0.3) is 0 Å². The molecule has 1 aliphatic carbocycles. The Bertz CT molecular complexity index is 729. The Morgan fingerprint density at radius 1 is 1.23 bits per heavy atom. The van der Waals surface area contributed by atoms with Gasteiger partial charge in [-0.2, -0.15) is 13.2 Å². The van der Waals surface area contributed by atoms with Crippen molar-refractivity contribution in [3.8, 4) is 0 Å². The Balaban J connectivity index is 1.64. The zero-order valence-electron chi connectivity index (χ0n) is 14.3. The second kappa shape index (κ2) is 7.95. The van der Waals surface area contributed by atoms with Gasteiger partial charge >= 0.3 is 6.18 Å². The molecular formula is C19H21F3N2O2. The molecule has 1 N–H and O–H groups in total. The molecule has 7 heteroatoms. The van der Waals surface area contributed by atoms with Crippen molar-refractivity contribution in [2.75, 3.05) is 13.1 Å². The maximum absolute atomic E-state index is 12.8. The van der Waals surface area contributed by atoms with E-state index in [1.807, 2.05) is 18.2 Å². The van der Waals surface area contributed by atoms with Crippen LogP contribution in [0.3, 0.4) is 0 Å². The number of rotatable bonds is 6. The number of hydrogen-bond acceptors (Lipinski definition) is 3. The number of hydrogen-bond donors (Lipinski definition) is 1. The fraction of sp³-hybridized carbons (Fsp3) is 0.421. The fourth-order valence-electron chi connectivity index (χ4n) is 3.33. The molecule has 1 aromatic carbocycles. The number of aryl methyl sites for hydroxylation is 1. The van der Waals surface area contributed by atoms with Gasteiger partial charge in [0.15, 0.2) is 0 Å². The number of furan rings is 1. The first-order valence-electron chi connectivity index (χ1n) is 8.60. The number of nitrogens with one attached hydrogen (secondary N) is 1. The summed E-state index contributed by atoms with van der Waals surface area (Å²) in [7, 11) is 0. The lowest BCUT2D eigenvalue weighted by Gasteiger charge is -2.28. The highest BCUT2D eigenvalue weighted by atomic mass is 19.4. The van der Waals surface area contributed by atoms with Crippen molar-refractivity contribution in [3.63, 3.8) is 0 Å². The zero-order chi connectivity index (χ0) is 18.6. The summed E-state index contributed by atoms with van der Waals surface area (Å²) < 4.78 is 43.6. The van der Waals surface area contributed by atoms with Crippen LogP contribution in [0.15, 0.2) is 47.1 Å². The van der Waals surface area contributed by atoms with Gasteiger partial charge in [-0.3, -0.25) is 4.79 Å². The maximum Gasteiger partial charge on any atom is 0.406 e. The maximum atomic E-state index is 12.8. The number of nitrogens with zero attached hydrogens (tertiary/aromatic N) is 1. The Labute approximate surface area is 150 Å².